The molecule has 1 aliphatic heterocycles. The fourth-order valence-electron chi connectivity index (χ4n) is 3.09. The first-order valence-corrected chi connectivity index (χ1v) is 7.59. The van der Waals surface area contributed by atoms with E-state index < -0.39 is 0 Å². The first-order chi connectivity index (χ1) is 9.67. The van der Waals surface area contributed by atoms with Crippen molar-refractivity contribution in [3.8, 4) is 0 Å². The molecule has 4 heteroatoms. The number of nitrogens with two attached hydrogens (primary N) is 1. The maximum Gasteiger partial charge on any atom is 0.137 e. The zero-order valence-corrected chi connectivity index (χ0v) is 12.4. The Morgan fingerprint density at radius 1 is 1.25 bits per heavy atom. The van der Waals surface area contributed by atoms with Crippen molar-refractivity contribution in [2.75, 3.05) is 13.1 Å². The number of imidazole rings is 1. The number of hydrogen-bond donors (Lipinski definition) is 1. The van der Waals surface area contributed by atoms with Gasteiger partial charge in [0, 0.05) is 30.9 Å². The van der Waals surface area contributed by atoms with E-state index in [0.29, 0.717) is 18.5 Å². The van der Waals surface area contributed by atoms with Crippen LogP contribution >= 0.6 is 0 Å². The van der Waals surface area contributed by atoms with Gasteiger partial charge in [0.05, 0.1) is 5.69 Å². The van der Waals surface area contributed by atoms with Crippen molar-refractivity contribution in [2.45, 2.75) is 45.2 Å². The maximum absolute atomic E-state index is 5.69. The zero-order valence-electron chi connectivity index (χ0n) is 12.4. The molecular formula is C16H24N4. The molecule has 3 rings (SSSR count). The van der Waals surface area contributed by atoms with Crippen LogP contribution < -0.4 is 5.73 Å². The van der Waals surface area contributed by atoms with E-state index >= 15 is 0 Å². The van der Waals surface area contributed by atoms with Crippen molar-refractivity contribution in [1.82, 2.24) is 14.3 Å². The molecule has 0 bridgehead atoms. The highest BCUT2D eigenvalue weighted by Gasteiger charge is 2.23. The molecule has 0 saturated carbocycles. The summed E-state index contributed by atoms with van der Waals surface area (Å²) in [7, 11) is 0. The fraction of sp³-hybridized carbons (Fsp3) is 0.562. The molecule has 0 spiro atoms. The number of hydrogen-bond acceptors (Lipinski definition) is 3. The van der Waals surface area contributed by atoms with Gasteiger partial charge in [0.1, 0.15) is 5.65 Å². The van der Waals surface area contributed by atoms with E-state index in [0.717, 1.165) is 11.2 Å². The summed E-state index contributed by atoms with van der Waals surface area (Å²) in [6, 6.07) is 4.78. The lowest BCUT2D eigenvalue weighted by atomic mass is 9.93. The van der Waals surface area contributed by atoms with Gasteiger partial charge in [0.2, 0.25) is 0 Å². The maximum atomic E-state index is 5.69. The number of likely N-dealkylation sites (tertiary alicyclic amines) is 1. The Hall–Kier alpha value is -1.39. The molecule has 1 saturated heterocycles. The molecule has 108 valence electrons. The lowest BCUT2D eigenvalue weighted by Crippen LogP contribution is -2.37. The fourth-order valence-corrected chi connectivity index (χ4v) is 3.09. The number of fused-ring (bicyclic) bond motifs is 1. The monoisotopic (exact) mass is 272 g/mol. The molecule has 0 aliphatic carbocycles. The van der Waals surface area contributed by atoms with Crippen molar-refractivity contribution in [1.29, 1.82) is 0 Å². The quantitative estimate of drug-likeness (QED) is 0.933. The third kappa shape index (κ3) is 2.58. The van der Waals surface area contributed by atoms with Crippen LogP contribution in [0.3, 0.4) is 0 Å². The van der Waals surface area contributed by atoms with E-state index in [1.807, 2.05) is 0 Å². The van der Waals surface area contributed by atoms with Crippen molar-refractivity contribution in [2.24, 2.45) is 5.73 Å². The minimum Gasteiger partial charge on any atom is -0.326 e. The average molecular weight is 272 g/mol. The van der Waals surface area contributed by atoms with E-state index in [9.17, 15) is 0 Å². The van der Waals surface area contributed by atoms with Crippen LogP contribution in [0.5, 0.6) is 0 Å². The molecule has 0 unspecified atom stereocenters. The van der Waals surface area contributed by atoms with Crippen LogP contribution in [0.4, 0.5) is 0 Å². The predicted octanol–water partition coefficient (Wildman–Crippen LogP) is 2.38. The van der Waals surface area contributed by atoms with E-state index in [4.69, 9.17) is 10.7 Å². The van der Waals surface area contributed by atoms with E-state index in [2.05, 4.69) is 47.7 Å². The summed E-state index contributed by atoms with van der Waals surface area (Å²) >= 11 is 0. The van der Waals surface area contributed by atoms with Crippen molar-refractivity contribution in [3.05, 3.63) is 35.8 Å². The minimum atomic E-state index is 0.580. The standard InChI is InChI=1S/C16H24N4/c1-12(2)19-7-5-14(6-8-19)15-11-20-10-13(9-17)3-4-16(20)18-15/h3-4,10-12,14H,5-9,17H2,1-2H3. The Kier molecular flexibility index (Phi) is 3.76. The van der Waals surface area contributed by atoms with Crippen LogP contribution in [0.1, 0.15) is 43.9 Å². The predicted molar refractivity (Wildman–Crippen MR) is 81.8 cm³/mol. The third-order valence-corrected chi connectivity index (χ3v) is 4.44. The summed E-state index contributed by atoms with van der Waals surface area (Å²) in [6.45, 7) is 7.50. The number of pyridine rings is 1. The van der Waals surface area contributed by atoms with Gasteiger partial charge in [-0.2, -0.15) is 0 Å². The second-order valence-electron chi connectivity index (χ2n) is 6.08. The van der Waals surface area contributed by atoms with Crippen LogP contribution in [0.25, 0.3) is 5.65 Å². The van der Waals surface area contributed by atoms with Gasteiger partial charge >= 0.3 is 0 Å². The van der Waals surface area contributed by atoms with Gasteiger partial charge in [-0.1, -0.05) is 6.07 Å². The summed E-state index contributed by atoms with van der Waals surface area (Å²) in [4.78, 5) is 7.34. The smallest absolute Gasteiger partial charge is 0.137 e. The molecule has 4 nitrogen and oxygen atoms in total. The molecule has 2 aromatic heterocycles. The summed E-state index contributed by atoms with van der Waals surface area (Å²) in [5.74, 6) is 0.603. The van der Waals surface area contributed by atoms with Gasteiger partial charge in [0.15, 0.2) is 0 Å². The number of rotatable bonds is 3. The van der Waals surface area contributed by atoms with Gasteiger partial charge in [-0.25, -0.2) is 4.98 Å². The third-order valence-electron chi connectivity index (χ3n) is 4.44. The molecule has 20 heavy (non-hydrogen) atoms. The second-order valence-corrected chi connectivity index (χ2v) is 6.08. The highest BCUT2D eigenvalue weighted by Crippen LogP contribution is 2.28. The van der Waals surface area contributed by atoms with Gasteiger partial charge in [-0.15, -0.1) is 0 Å². The van der Waals surface area contributed by atoms with E-state index in [1.54, 1.807) is 0 Å². The number of aromatic nitrogens is 2. The average Bonchev–Trinajstić information content (AvgIpc) is 2.90. The Bertz CT molecular complexity index is 579. The lowest BCUT2D eigenvalue weighted by molar-refractivity contribution is 0.171. The lowest BCUT2D eigenvalue weighted by Gasteiger charge is -2.33. The molecule has 0 aromatic carbocycles. The molecule has 1 aliphatic rings. The summed E-state index contributed by atoms with van der Waals surface area (Å²) in [5.41, 5.74) is 9.11. The van der Waals surface area contributed by atoms with Crippen LogP contribution in [0.15, 0.2) is 24.5 Å². The SMILES string of the molecule is CC(C)N1CCC(c2cn3cc(CN)ccc3n2)CC1. The normalized spacial score (nSPS) is 18.2. The largest absolute Gasteiger partial charge is 0.326 e. The van der Waals surface area contributed by atoms with Crippen LogP contribution in [0.2, 0.25) is 0 Å². The van der Waals surface area contributed by atoms with Crippen LogP contribution in [0, 0.1) is 0 Å². The van der Waals surface area contributed by atoms with Crippen LogP contribution in [-0.2, 0) is 6.54 Å². The van der Waals surface area contributed by atoms with Gasteiger partial charge in [0.25, 0.3) is 0 Å². The zero-order chi connectivity index (χ0) is 14.1. The Morgan fingerprint density at radius 3 is 2.65 bits per heavy atom. The van der Waals surface area contributed by atoms with Gasteiger partial charge in [-0.3, -0.25) is 0 Å². The van der Waals surface area contributed by atoms with Crippen molar-refractivity contribution < 1.29 is 0 Å². The molecular weight excluding hydrogens is 248 g/mol. The topological polar surface area (TPSA) is 46.6 Å². The number of nitrogens with zero attached hydrogens (tertiary/aromatic N) is 3. The molecule has 2 N–H and O–H groups in total. The van der Waals surface area contributed by atoms with E-state index in [-0.39, 0.29) is 0 Å². The highest BCUT2D eigenvalue weighted by molar-refractivity contribution is 5.42. The first-order valence-electron chi connectivity index (χ1n) is 7.59. The van der Waals surface area contributed by atoms with Crippen molar-refractivity contribution >= 4 is 5.65 Å². The molecule has 1 fully saturated rings. The molecule has 2 aromatic rings. The highest BCUT2D eigenvalue weighted by atomic mass is 15.1. The Balaban J connectivity index is 1.78. The molecule has 0 atom stereocenters. The van der Waals surface area contributed by atoms with Crippen LogP contribution in [-0.4, -0.2) is 33.4 Å². The van der Waals surface area contributed by atoms with Crippen molar-refractivity contribution in [3.63, 3.8) is 0 Å². The van der Waals surface area contributed by atoms with Gasteiger partial charge < -0.3 is 15.0 Å². The van der Waals surface area contributed by atoms with Gasteiger partial charge in [-0.05, 0) is 51.4 Å². The molecule has 0 amide bonds. The second kappa shape index (κ2) is 5.54. The minimum absolute atomic E-state index is 0.580. The Morgan fingerprint density at radius 2 is 2.00 bits per heavy atom. The summed E-state index contributed by atoms with van der Waals surface area (Å²) < 4.78 is 2.12. The summed E-state index contributed by atoms with van der Waals surface area (Å²) in [6.07, 6.45) is 6.71. The summed E-state index contributed by atoms with van der Waals surface area (Å²) in [5, 5.41) is 0. The number of piperidine rings is 1. The molecule has 3 heterocycles. The molecule has 0 radical (unpaired) electrons. The first kappa shape index (κ1) is 13.6. The Labute approximate surface area is 120 Å². The van der Waals surface area contributed by atoms with E-state index in [1.165, 1.54) is 31.6 Å².